The molecule has 2 rings (SSSR count). The van der Waals surface area contributed by atoms with Gasteiger partial charge in [-0.05, 0) is 30.0 Å². The second-order valence-electron chi connectivity index (χ2n) is 7.57. The van der Waals surface area contributed by atoms with E-state index in [1.807, 2.05) is 13.8 Å². The normalized spacial score (nSPS) is 20.0. The number of amides is 1. The molecular formula is C19H31N3O4S. The standard InChI is InChI=1S/C19H31N3O4S/c1-6-22(7-2)27(24,25)16-12-14(8-9-15(16)26-5)18(23)21-11-10-17(20)19(3,4)13-21/h8-9,12,17H,6-7,10-11,13,20H2,1-5H3. The van der Waals surface area contributed by atoms with E-state index < -0.39 is 10.0 Å². The molecule has 0 aliphatic carbocycles. The maximum atomic E-state index is 13.0. The van der Waals surface area contributed by atoms with Crippen LogP contribution in [0, 0.1) is 5.41 Å². The highest BCUT2D eigenvalue weighted by Crippen LogP contribution is 2.31. The number of ether oxygens (including phenoxy) is 1. The Morgan fingerprint density at radius 3 is 2.48 bits per heavy atom. The van der Waals surface area contributed by atoms with Crippen molar-refractivity contribution in [3.05, 3.63) is 23.8 Å². The summed E-state index contributed by atoms with van der Waals surface area (Å²) in [5.41, 5.74) is 6.31. The summed E-state index contributed by atoms with van der Waals surface area (Å²) in [7, 11) is -2.32. The third kappa shape index (κ3) is 4.28. The number of hydrogen-bond acceptors (Lipinski definition) is 5. The van der Waals surface area contributed by atoms with E-state index in [2.05, 4.69) is 0 Å². The number of carbonyl (C=O) groups is 1. The molecular weight excluding hydrogens is 366 g/mol. The van der Waals surface area contributed by atoms with Crippen LogP contribution >= 0.6 is 0 Å². The second kappa shape index (κ2) is 8.16. The third-order valence-corrected chi connectivity index (χ3v) is 7.40. The number of nitrogens with two attached hydrogens (primary N) is 1. The van der Waals surface area contributed by atoms with Gasteiger partial charge in [0.1, 0.15) is 10.6 Å². The Morgan fingerprint density at radius 1 is 1.33 bits per heavy atom. The first kappa shape index (κ1) is 21.7. The van der Waals surface area contributed by atoms with E-state index >= 15 is 0 Å². The van der Waals surface area contributed by atoms with Crippen molar-refractivity contribution in [1.82, 2.24) is 9.21 Å². The number of hydrogen-bond donors (Lipinski definition) is 1. The number of sulfonamides is 1. The maximum Gasteiger partial charge on any atom is 0.253 e. The Balaban J connectivity index is 2.41. The second-order valence-corrected chi connectivity index (χ2v) is 9.47. The molecule has 1 aromatic rings. The fourth-order valence-electron chi connectivity index (χ4n) is 3.44. The zero-order valence-electron chi connectivity index (χ0n) is 16.9. The Kier molecular flexibility index (Phi) is 6.55. The highest BCUT2D eigenvalue weighted by molar-refractivity contribution is 7.89. The molecule has 0 spiro atoms. The molecule has 7 nitrogen and oxygen atoms in total. The van der Waals surface area contributed by atoms with Crippen molar-refractivity contribution >= 4 is 15.9 Å². The van der Waals surface area contributed by atoms with Gasteiger partial charge in [-0.15, -0.1) is 0 Å². The van der Waals surface area contributed by atoms with Crippen molar-refractivity contribution in [1.29, 1.82) is 0 Å². The molecule has 0 radical (unpaired) electrons. The third-order valence-electron chi connectivity index (χ3n) is 5.33. The molecule has 27 heavy (non-hydrogen) atoms. The number of nitrogens with zero attached hydrogens (tertiary/aromatic N) is 2. The SMILES string of the molecule is CCN(CC)S(=O)(=O)c1cc(C(=O)N2CCC(N)C(C)(C)C2)ccc1OC. The molecule has 152 valence electrons. The molecule has 1 heterocycles. The van der Waals surface area contributed by atoms with E-state index in [0.29, 0.717) is 31.7 Å². The van der Waals surface area contributed by atoms with Crippen LogP contribution in [0.15, 0.2) is 23.1 Å². The molecule has 0 saturated carbocycles. The monoisotopic (exact) mass is 397 g/mol. The lowest BCUT2D eigenvalue weighted by Crippen LogP contribution is -2.54. The lowest BCUT2D eigenvalue weighted by atomic mass is 9.79. The minimum absolute atomic E-state index is 0.0209. The van der Waals surface area contributed by atoms with Crippen molar-refractivity contribution in [3.63, 3.8) is 0 Å². The summed E-state index contributed by atoms with van der Waals surface area (Å²) in [6.07, 6.45) is 0.722. The topological polar surface area (TPSA) is 92.9 Å². The number of likely N-dealkylation sites (tertiary alicyclic amines) is 1. The predicted molar refractivity (Wildman–Crippen MR) is 105 cm³/mol. The smallest absolute Gasteiger partial charge is 0.253 e. The largest absolute Gasteiger partial charge is 0.495 e. The highest BCUT2D eigenvalue weighted by atomic mass is 32.2. The van der Waals surface area contributed by atoms with Gasteiger partial charge in [0.2, 0.25) is 10.0 Å². The molecule has 0 bridgehead atoms. The van der Waals surface area contributed by atoms with Crippen molar-refractivity contribution in [2.75, 3.05) is 33.3 Å². The first-order chi connectivity index (χ1) is 12.6. The molecule has 1 aliphatic heterocycles. The molecule has 0 aromatic heterocycles. The quantitative estimate of drug-likeness (QED) is 0.792. The van der Waals surface area contributed by atoms with E-state index in [4.69, 9.17) is 10.5 Å². The Morgan fingerprint density at radius 2 is 1.96 bits per heavy atom. The number of rotatable bonds is 6. The van der Waals surface area contributed by atoms with Crippen LogP contribution in [0.3, 0.4) is 0 Å². The van der Waals surface area contributed by atoms with Crippen LogP contribution < -0.4 is 10.5 Å². The van der Waals surface area contributed by atoms with E-state index in [0.717, 1.165) is 6.42 Å². The van der Waals surface area contributed by atoms with Crippen LogP contribution in [0.5, 0.6) is 5.75 Å². The van der Waals surface area contributed by atoms with Crippen LogP contribution in [-0.4, -0.2) is 62.9 Å². The number of methoxy groups -OCH3 is 1. The zero-order valence-corrected chi connectivity index (χ0v) is 17.7. The van der Waals surface area contributed by atoms with Crippen LogP contribution in [-0.2, 0) is 10.0 Å². The molecule has 1 amide bonds. The summed E-state index contributed by atoms with van der Waals surface area (Å²) in [5.74, 6) is 0.0491. The first-order valence-corrected chi connectivity index (χ1v) is 10.8. The highest BCUT2D eigenvalue weighted by Gasteiger charge is 2.36. The average molecular weight is 398 g/mol. The number of carbonyl (C=O) groups excluding carboxylic acids is 1. The minimum Gasteiger partial charge on any atom is -0.495 e. The van der Waals surface area contributed by atoms with Gasteiger partial charge in [0.15, 0.2) is 0 Å². The van der Waals surface area contributed by atoms with Crippen molar-refractivity contribution in [2.45, 2.75) is 45.1 Å². The van der Waals surface area contributed by atoms with Gasteiger partial charge in [-0.2, -0.15) is 4.31 Å². The summed E-state index contributed by atoms with van der Waals surface area (Å²) in [6.45, 7) is 9.44. The van der Waals surface area contributed by atoms with Gasteiger partial charge >= 0.3 is 0 Å². The molecule has 8 heteroatoms. The molecule has 1 aromatic carbocycles. The lowest BCUT2D eigenvalue weighted by Gasteiger charge is -2.42. The number of piperidine rings is 1. The van der Waals surface area contributed by atoms with E-state index in [1.165, 1.54) is 17.5 Å². The zero-order chi connectivity index (χ0) is 20.4. The summed E-state index contributed by atoms with van der Waals surface area (Å²) >= 11 is 0. The van der Waals surface area contributed by atoms with Gasteiger partial charge in [-0.25, -0.2) is 8.42 Å². The molecule has 2 N–H and O–H groups in total. The fourth-order valence-corrected chi connectivity index (χ4v) is 5.08. The predicted octanol–water partition coefficient (Wildman–Crippen LogP) is 1.93. The first-order valence-electron chi connectivity index (χ1n) is 9.31. The van der Waals surface area contributed by atoms with Gasteiger partial charge < -0.3 is 15.4 Å². The molecule has 1 saturated heterocycles. The minimum atomic E-state index is -3.74. The van der Waals surface area contributed by atoms with Gasteiger partial charge in [0.25, 0.3) is 5.91 Å². The fraction of sp³-hybridized carbons (Fsp3) is 0.632. The summed E-state index contributed by atoms with van der Waals surface area (Å²) in [5, 5.41) is 0. The van der Waals surface area contributed by atoms with Crippen LogP contribution in [0.4, 0.5) is 0 Å². The van der Waals surface area contributed by atoms with Gasteiger partial charge in [-0.3, -0.25) is 4.79 Å². The van der Waals surface area contributed by atoms with Gasteiger partial charge in [-0.1, -0.05) is 27.7 Å². The van der Waals surface area contributed by atoms with Crippen LogP contribution in [0.25, 0.3) is 0 Å². The molecule has 1 unspecified atom stereocenters. The summed E-state index contributed by atoms with van der Waals surface area (Å²) < 4.78 is 32.6. The Hall–Kier alpha value is -1.64. The number of benzene rings is 1. The Labute approximate surface area is 162 Å². The molecule has 1 atom stereocenters. The molecule has 1 fully saturated rings. The van der Waals surface area contributed by atoms with Gasteiger partial charge in [0.05, 0.1) is 7.11 Å². The summed E-state index contributed by atoms with van der Waals surface area (Å²) in [4.78, 5) is 14.8. The van der Waals surface area contributed by atoms with Crippen molar-refractivity contribution < 1.29 is 17.9 Å². The molecule has 1 aliphatic rings. The lowest BCUT2D eigenvalue weighted by molar-refractivity contribution is 0.0532. The average Bonchev–Trinajstić information content (AvgIpc) is 2.63. The van der Waals surface area contributed by atoms with Gasteiger partial charge in [0, 0.05) is 37.8 Å². The van der Waals surface area contributed by atoms with E-state index in [9.17, 15) is 13.2 Å². The van der Waals surface area contributed by atoms with Crippen molar-refractivity contribution in [2.24, 2.45) is 11.1 Å². The summed E-state index contributed by atoms with van der Waals surface area (Å²) in [6, 6.07) is 4.63. The van der Waals surface area contributed by atoms with Crippen molar-refractivity contribution in [3.8, 4) is 5.75 Å². The maximum absolute atomic E-state index is 13.0. The van der Waals surface area contributed by atoms with E-state index in [-0.39, 0.29) is 28.0 Å². The van der Waals surface area contributed by atoms with E-state index in [1.54, 1.807) is 30.9 Å². The van der Waals surface area contributed by atoms with Crippen LogP contribution in [0.1, 0.15) is 44.5 Å². The van der Waals surface area contributed by atoms with Crippen LogP contribution in [0.2, 0.25) is 0 Å². The Bertz CT molecular complexity index is 788.